The third-order valence-corrected chi connectivity index (χ3v) is 3.23. The Hall–Kier alpha value is -2.31. The molecular weight excluding hydrogens is 256 g/mol. The maximum absolute atomic E-state index is 12.2. The van der Waals surface area contributed by atoms with Gasteiger partial charge in [0.15, 0.2) is 0 Å². The molecule has 1 amide bonds. The van der Waals surface area contributed by atoms with E-state index in [9.17, 15) is 4.79 Å². The van der Waals surface area contributed by atoms with Gasteiger partial charge in [-0.05, 0) is 13.8 Å². The van der Waals surface area contributed by atoms with Gasteiger partial charge in [0.2, 0.25) is 5.91 Å². The van der Waals surface area contributed by atoms with Crippen molar-refractivity contribution in [2.24, 2.45) is 7.05 Å². The molecule has 0 aliphatic rings. The molecule has 0 unspecified atom stereocenters. The molecule has 7 heteroatoms. The number of nitrogens with two attached hydrogens (primary N) is 1. The van der Waals surface area contributed by atoms with Crippen LogP contribution in [-0.4, -0.2) is 37.4 Å². The molecule has 20 heavy (non-hydrogen) atoms. The second kappa shape index (κ2) is 5.36. The number of aryl methyl sites for hydroxylation is 3. The van der Waals surface area contributed by atoms with E-state index in [0.717, 1.165) is 16.8 Å². The van der Waals surface area contributed by atoms with Crippen LogP contribution >= 0.6 is 0 Å². The number of rotatable bonds is 4. The molecule has 0 aliphatic heterocycles. The van der Waals surface area contributed by atoms with Crippen LogP contribution in [0, 0.1) is 13.8 Å². The van der Waals surface area contributed by atoms with Gasteiger partial charge in [0.25, 0.3) is 0 Å². The second-order valence-electron chi connectivity index (χ2n) is 5.06. The van der Waals surface area contributed by atoms with Crippen LogP contribution in [-0.2, 0) is 24.9 Å². The van der Waals surface area contributed by atoms with Crippen molar-refractivity contribution >= 4 is 11.7 Å². The Balaban J connectivity index is 2.00. The van der Waals surface area contributed by atoms with Crippen LogP contribution in [0.1, 0.15) is 16.8 Å². The van der Waals surface area contributed by atoms with Crippen molar-refractivity contribution in [3.63, 3.8) is 0 Å². The normalized spacial score (nSPS) is 10.8. The van der Waals surface area contributed by atoms with E-state index in [1.165, 1.54) is 0 Å². The first-order valence-corrected chi connectivity index (χ1v) is 6.39. The first kappa shape index (κ1) is 14.1. The van der Waals surface area contributed by atoms with E-state index in [4.69, 9.17) is 5.73 Å². The highest BCUT2D eigenvalue weighted by Gasteiger charge is 2.14. The van der Waals surface area contributed by atoms with Gasteiger partial charge in [-0.3, -0.25) is 14.2 Å². The number of nitrogen functional groups attached to an aromatic ring is 1. The number of aromatic nitrogens is 4. The van der Waals surface area contributed by atoms with E-state index in [0.29, 0.717) is 12.4 Å². The van der Waals surface area contributed by atoms with Crippen LogP contribution in [0.3, 0.4) is 0 Å². The number of carbonyl (C=O) groups is 1. The lowest BCUT2D eigenvalue weighted by molar-refractivity contribution is -0.131. The van der Waals surface area contributed by atoms with Crippen molar-refractivity contribution in [2.75, 3.05) is 12.8 Å². The number of hydrogen-bond acceptors (Lipinski definition) is 4. The largest absolute Gasteiger partial charge is 0.382 e. The minimum Gasteiger partial charge on any atom is -0.382 e. The summed E-state index contributed by atoms with van der Waals surface area (Å²) in [7, 11) is 3.64. The zero-order valence-corrected chi connectivity index (χ0v) is 12.3. The molecule has 0 aliphatic carbocycles. The van der Waals surface area contributed by atoms with Crippen LogP contribution in [0.5, 0.6) is 0 Å². The van der Waals surface area contributed by atoms with E-state index in [-0.39, 0.29) is 12.5 Å². The van der Waals surface area contributed by atoms with Crippen LogP contribution in [0.25, 0.3) is 0 Å². The Morgan fingerprint density at radius 2 is 2.05 bits per heavy atom. The van der Waals surface area contributed by atoms with Gasteiger partial charge in [0.1, 0.15) is 12.4 Å². The first-order chi connectivity index (χ1) is 9.36. The molecule has 0 saturated heterocycles. The van der Waals surface area contributed by atoms with Crippen LogP contribution in [0.15, 0.2) is 12.4 Å². The van der Waals surface area contributed by atoms with Crippen LogP contribution < -0.4 is 5.73 Å². The van der Waals surface area contributed by atoms with Crippen molar-refractivity contribution in [3.8, 4) is 0 Å². The van der Waals surface area contributed by atoms with Gasteiger partial charge < -0.3 is 10.6 Å². The molecule has 0 spiro atoms. The molecule has 0 bridgehead atoms. The Bertz CT molecular complexity index is 607. The van der Waals surface area contributed by atoms with Crippen molar-refractivity contribution < 1.29 is 4.79 Å². The number of hydrogen-bond donors (Lipinski definition) is 1. The minimum atomic E-state index is -0.0178. The third kappa shape index (κ3) is 2.98. The fourth-order valence-corrected chi connectivity index (χ4v) is 2.02. The molecule has 2 aromatic heterocycles. The highest BCUT2D eigenvalue weighted by atomic mass is 16.2. The standard InChI is InChI=1S/C13H20N6O/c1-9-5-19(16-13(9)14)8-12(20)17(3)6-11-7-18(4)15-10(11)2/h5,7H,6,8H2,1-4H3,(H2,14,16). The number of nitrogens with zero attached hydrogens (tertiary/aromatic N) is 5. The van der Waals surface area contributed by atoms with E-state index < -0.39 is 0 Å². The van der Waals surface area contributed by atoms with E-state index in [2.05, 4.69) is 10.2 Å². The minimum absolute atomic E-state index is 0.0178. The first-order valence-electron chi connectivity index (χ1n) is 6.39. The van der Waals surface area contributed by atoms with Crippen molar-refractivity contribution in [1.29, 1.82) is 0 Å². The van der Waals surface area contributed by atoms with Crippen molar-refractivity contribution in [1.82, 2.24) is 24.5 Å². The van der Waals surface area contributed by atoms with Crippen molar-refractivity contribution in [2.45, 2.75) is 26.9 Å². The lowest BCUT2D eigenvalue weighted by Gasteiger charge is -2.16. The Morgan fingerprint density at radius 1 is 1.35 bits per heavy atom. The monoisotopic (exact) mass is 276 g/mol. The summed E-state index contributed by atoms with van der Waals surface area (Å²) in [6.07, 6.45) is 3.70. The highest BCUT2D eigenvalue weighted by Crippen LogP contribution is 2.09. The molecule has 7 nitrogen and oxygen atoms in total. The Morgan fingerprint density at radius 3 is 2.55 bits per heavy atom. The Labute approximate surface area is 118 Å². The van der Waals surface area contributed by atoms with E-state index in [1.807, 2.05) is 27.1 Å². The molecule has 0 fully saturated rings. The molecule has 2 rings (SSSR count). The SMILES string of the molecule is Cc1cn(CC(=O)N(C)Cc2cn(C)nc2C)nc1N. The highest BCUT2D eigenvalue weighted by molar-refractivity contribution is 5.75. The lowest BCUT2D eigenvalue weighted by atomic mass is 10.2. The smallest absolute Gasteiger partial charge is 0.244 e. The van der Waals surface area contributed by atoms with Gasteiger partial charge in [-0.2, -0.15) is 10.2 Å². The van der Waals surface area contributed by atoms with Crippen LogP contribution in [0.4, 0.5) is 5.82 Å². The fourth-order valence-electron chi connectivity index (χ4n) is 2.02. The van der Waals surface area contributed by atoms with Gasteiger partial charge in [-0.15, -0.1) is 0 Å². The predicted octanol–water partition coefficient (Wildman–Crippen LogP) is 0.474. The number of likely N-dealkylation sites (N-methyl/N-ethyl adjacent to an activating group) is 1. The summed E-state index contributed by atoms with van der Waals surface area (Å²) in [5.74, 6) is 0.444. The Kier molecular flexibility index (Phi) is 3.78. The van der Waals surface area contributed by atoms with Gasteiger partial charge >= 0.3 is 0 Å². The van der Waals surface area contributed by atoms with Crippen LogP contribution in [0.2, 0.25) is 0 Å². The molecule has 0 radical (unpaired) electrons. The lowest BCUT2D eigenvalue weighted by Crippen LogP contribution is -2.30. The summed E-state index contributed by atoms with van der Waals surface area (Å²) in [6, 6.07) is 0. The maximum atomic E-state index is 12.2. The van der Waals surface area contributed by atoms with Crippen molar-refractivity contribution in [3.05, 3.63) is 29.2 Å². The summed E-state index contributed by atoms with van der Waals surface area (Å²) in [5.41, 5.74) is 8.53. The summed E-state index contributed by atoms with van der Waals surface area (Å²) in [4.78, 5) is 13.8. The quantitative estimate of drug-likeness (QED) is 0.880. The predicted molar refractivity (Wildman–Crippen MR) is 75.8 cm³/mol. The molecule has 0 saturated carbocycles. The van der Waals surface area contributed by atoms with Gasteiger partial charge in [0.05, 0.1) is 5.69 Å². The van der Waals surface area contributed by atoms with E-state index in [1.54, 1.807) is 27.5 Å². The summed E-state index contributed by atoms with van der Waals surface area (Å²) < 4.78 is 3.32. The summed E-state index contributed by atoms with van der Waals surface area (Å²) >= 11 is 0. The van der Waals surface area contributed by atoms with Gasteiger partial charge in [-0.25, -0.2) is 0 Å². The number of carbonyl (C=O) groups excluding carboxylic acids is 1. The number of amides is 1. The summed E-state index contributed by atoms with van der Waals surface area (Å²) in [6.45, 7) is 4.53. The average Bonchev–Trinajstić information content (AvgIpc) is 2.82. The zero-order valence-electron chi connectivity index (χ0n) is 12.3. The number of anilines is 1. The van der Waals surface area contributed by atoms with Gasteiger partial charge in [-0.1, -0.05) is 0 Å². The van der Waals surface area contributed by atoms with E-state index >= 15 is 0 Å². The maximum Gasteiger partial charge on any atom is 0.244 e. The average molecular weight is 276 g/mol. The molecule has 2 heterocycles. The molecule has 2 aromatic rings. The molecule has 0 aromatic carbocycles. The summed E-state index contributed by atoms with van der Waals surface area (Å²) in [5, 5.41) is 8.36. The van der Waals surface area contributed by atoms with Gasteiger partial charge in [0, 0.05) is 44.2 Å². The molecule has 108 valence electrons. The second-order valence-corrected chi connectivity index (χ2v) is 5.06. The fraction of sp³-hybridized carbons (Fsp3) is 0.462. The third-order valence-electron chi connectivity index (χ3n) is 3.23. The zero-order chi connectivity index (χ0) is 14.9. The molecule has 0 atom stereocenters. The molecular formula is C13H20N6O. The molecule has 2 N–H and O–H groups in total. The topological polar surface area (TPSA) is 82.0 Å².